The maximum absolute atomic E-state index is 6.64. The van der Waals surface area contributed by atoms with E-state index in [4.69, 9.17) is 4.74 Å². The summed E-state index contributed by atoms with van der Waals surface area (Å²) in [6.45, 7) is 4.93. The minimum absolute atomic E-state index is 0.507. The Morgan fingerprint density at radius 3 is 2.38 bits per heavy atom. The first-order valence-electron chi connectivity index (χ1n) is 10.2. The fourth-order valence-electron chi connectivity index (χ4n) is 5.51. The molecule has 0 aromatic heterocycles. The molecule has 1 aliphatic carbocycles. The number of quaternary nitrogens is 1. The zero-order valence-electron chi connectivity index (χ0n) is 15.3. The molecule has 1 unspecified atom stereocenters. The van der Waals surface area contributed by atoms with Crippen LogP contribution in [0.1, 0.15) is 56.4 Å². The Morgan fingerprint density at radius 2 is 1.71 bits per heavy atom. The predicted molar refractivity (Wildman–Crippen MR) is 99.0 cm³/mol. The van der Waals surface area contributed by atoms with Crippen molar-refractivity contribution in [2.75, 3.05) is 33.3 Å². The smallest absolute Gasteiger partial charge is 0.110 e. The second-order valence-electron chi connectivity index (χ2n) is 8.87. The molecule has 132 valence electrons. The first-order valence-corrected chi connectivity index (χ1v) is 10.2. The molecule has 2 atom stereocenters. The topological polar surface area (TPSA) is 9.23 Å². The largest absolute Gasteiger partial charge is 0.371 e. The third-order valence-corrected chi connectivity index (χ3v) is 7.16. The highest BCUT2D eigenvalue weighted by Gasteiger charge is 2.44. The fourth-order valence-corrected chi connectivity index (χ4v) is 5.51. The molecule has 3 aliphatic heterocycles. The lowest BCUT2D eigenvalue weighted by Gasteiger charge is -2.50. The summed E-state index contributed by atoms with van der Waals surface area (Å²) in [4.78, 5) is 0. The molecular formula is C22H34NO+. The number of likely N-dealkylation sites (N-methyl/N-ethyl adjacent to an activating group) is 1. The maximum Gasteiger partial charge on any atom is 0.110 e. The third-order valence-electron chi connectivity index (χ3n) is 7.16. The summed E-state index contributed by atoms with van der Waals surface area (Å²) in [6, 6.07) is 11.2. The van der Waals surface area contributed by atoms with E-state index in [9.17, 15) is 0 Å². The Kier molecular flexibility index (Phi) is 4.96. The first kappa shape index (κ1) is 16.6. The van der Waals surface area contributed by atoms with Gasteiger partial charge in [0.15, 0.2) is 0 Å². The van der Waals surface area contributed by atoms with E-state index in [1.165, 1.54) is 74.6 Å². The second kappa shape index (κ2) is 7.17. The average molecular weight is 329 g/mol. The lowest BCUT2D eigenvalue weighted by atomic mass is 9.77. The number of benzene rings is 1. The van der Waals surface area contributed by atoms with Gasteiger partial charge in [0.2, 0.25) is 0 Å². The van der Waals surface area contributed by atoms with Crippen molar-refractivity contribution < 1.29 is 9.22 Å². The van der Waals surface area contributed by atoms with Gasteiger partial charge in [-0.2, -0.15) is 0 Å². The van der Waals surface area contributed by atoms with Gasteiger partial charge in [0.05, 0.1) is 26.7 Å². The highest BCUT2D eigenvalue weighted by molar-refractivity contribution is 5.20. The lowest BCUT2D eigenvalue weighted by molar-refractivity contribution is -0.928. The minimum Gasteiger partial charge on any atom is -0.371 e. The van der Waals surface area contributed by atoms with E-state index in [0.29, 0.717) is 12.0 Å². The molecule has 24 heavy (non-hydrogen) atoms. The predicted octanol–water partition coefficient (Wildman–Crippen LogP) is 4.61. The normalized spacial score (nSPS) is 35.0. The fraction of sp³-hybridized carbons (Fsp3) is 0.727. The summed E-state index contributed by atoms with van der Waals surface area (Å²) >= 11 is 0. The van der Waals surface area contributed by atoms with Crippen LogP contribution in [0.3, 0.4) is 0 Å². The van der Waals surface area contributed by atoms with Crippen molar-refractivity contribution in [1.82, 2.24) is 0 Å². The molecule has 1 aromatic rings. The Labute approximate surface area is 147 Å². The van der Waals surface area contributed by atoms with Crippen molar-refractivity contribution in [3.63, 3.8) is 0 Å². The third kappa shape index (κ3) is 3.55. The number of hydrogen-bond acceptors (Lipinski definition) is 1. The summed E-state index contributed by atoms with van der Waals surface area (Å²) in [5.74, 6) is 2.26. The minimum atomic E-state index is 0.507. The average Bonchev–Trinajstić information content (AvgIpc) is 2.64. The van der Waals surface area contributed by atoms with Crippen molar-refractivity contribution >= 4 is 0 Å². The van der Waals surface area contributed by atoms with Crippen LogP contribution in [0.5, 0.6) is 0 Å². The van der Waals surface area contributed by atoms with Crippen LogP contribution in [0.4, 0.5) is 0 Å². The molecule has 0 radical (unpaired) electrons. The monoisotopic (exact) mass is 328 g/mol. The van der Waals surface area contributed by atoms with Crippen molar-refractivity contribution in [3.05, 3.63) is 35.9 Å². The van der Waals surface area contributed by atoms with Crippen molar-refractivity contribution in [2.24, 2.45) is 11.8 Å². The van der Waals surface area contributed by atoms with Crippen molar-refractivity contribution in [1.29, 1.82) is 0 Å². The van der Waals surface area contributed by atoms with Crippen LogP contribution < -0.4 is 0 Å². The standard InChI is InChI=1S/C22H34NO/c1-23-14-12-20(13-15-23)22(16-23)24-17-21(18-8-4-2-5-9-18)19-10-6-3-7-11-19/h2,4-5,8-9,19-22H,3,6-7,10-17H2,1H3/q+1/t20?,21?,22-,23?/m1/s1. The molecule has 1 aromatic carbocycles. The zero-order valence-corrected chi connectivity index (χ0v) is 15.3. The van der Waals surface area contributed by atoms with E-state index < -0.39 is 0 Å². The van der Waals surface area contributed by atoms with E-state index in [2.05, 4.69) is 37.4 Å². The van der Waals surface area contributed by atoms with Crippen LogP contribution >= 0.6 is 0 Å². The number of ether oxygens (including phenoxy) is 1. The van der Waals surface area contributed by atoms with Gasteiger partial charge in [-0.1, -0.05) is 49.6 Å². The summed E-state index contributed by atoms with van der Waals surface area (Å²) in [6.07, 6.45) is 10.3. The Morgan fingerprint density at radius 1 is 1.00 bits per heavy atom. The Bertz CT molecular complexity index is 514. The van der Waals surface area contributed by atoms with Gasteiger partial charge in [-0.25, -0.2) is 0 Å². The molecule has 2 nitrogen and oxygen atoms in total. The Balaban J connectivity index is 1.44. The molecule has 0 amide bonds. The van der Waals surface area contributed by atoms with Gasteiger partial charge in [-0.3, -0.25) is 0 Å². The van der Waals surface area contributed by atoms with Crippen LogP contribution in [0.25, 0.3) is 0 Å². The molecule has 5 rings (SSSR count). The highest BCUT2D eigenvalue weighted by Crippen LogP contribution is 2.38. The lowest BCUT2D eigenvalue weighted by Crippen LogP contribution is -2.62. The maximum atomic E-state index is 6.64. The zero-order chi connectivity index (χ0) is 16.4. The Hall–Kier alpha value is -0.860. The molecule has 4 aliphatic rings. The van der Waals surface area contributed by atoms with Crippen LogP contribution in [0.2, 0.25) is 0 Å². The molecule has 3 saturated heterocycles. The van der Waals surface area contributed by atoms with Crippen molar-refractivity contribution in [3.8, 4) is 0 Å². The summed E-state index contributed by atoms with van der Waals surface area (Å²) in [7, 11) is 2.43. The van der Waals surface area contributed by atoms with Crippen LogP contribution in [-0.4, -0.2) is 43.9 Å². The van der Waals surface area contributed by atoms with E-state index >= 15 is 0 Å². The van der Waals surface area contributed by atoms with Crippen LogP contribution in [-0.2, 0) is 4.74 Å². The van der Waals surface area contributed by atoms with Gasteiger partial charge in [-0.05, 0) is 24.3 Å². The quantitative estimate of drug-likeness (QED) is 0.718. The number of fused-ring (bicyclic) bond motifs is 3. The van der Waals surface area contributed by atoms with Crippen LogP contribution in [0, 0.1) is 11.8 Å². The molecule has 1 saturated carbocycles. The summed E-state index contributed by atoms with van der Waals surface area (Å²) in [5, 5.41) is 0. The van der Waals surface area contributed by atoms with E-state index in [-0.39, 0.29) is 0 Å². The van der Waals surface area contributed by atoms with Gasteiger partial charge < -0.3 is 9.22 Å². The van der Waals surface area contributed by atoms with Gasteiger partial charge >= 0.3 is 0 Å². The van der Waals surface area contributed by atoms with E-state index in [1.54, 1.807) is 0 Å². The molecule has 2 heteroatoms. The van der Waals surface area contributed by atoms with E-state index in [0.717, 1.165) is 18.4 Å². The van der Waals surface area contributed by atoms with Gasteiger partial charge in [0, 0.05) is 24.7 Å². The molecular weight excluding hydrogens is 294 g/mol. The molecule has 0 spiro atoms. The van der Waals surface area contributed by atoms with Crippen molar-refractivity contribution in [2.45, 2.75) is 57.0 Å². The van der Waals surface area contributed by atoms with E-state index in [1.807, 2.05) is 0 Å². The SMILES string of the molecule is C[N+]12CCC(CC1)[C@H](OCC(c1ccccc1)C1CCCCC1)C2. The molecule has 4 fully saturated rings. The van der Waals surface area contributed by atoms with Gasteiger partial charge in [0.1, 0.15) is 12.6 Å². The van der Waals surface area contributed by atoms with Gasteiger partial charge in [0.25, 0.3) is 0 Å². The number of hydrogen-bond donors (Lipinski definition) is 0. The number of rotatable bonds is 5. The van der Waals surface area contributed by atoms with Gasteiger partial charge in [-0.15, -0.1) is 0 Å². The first-order chi connectivity index (χ1) is 11.7. The summed E-state index contributed by atoms with van der Waals surface area (Å²) in [5.41, 5.74) is 1.51. The highest BCUT2D eigenvalue weighted by atomic mass is 16.5. The molecule has 2 bridgehead atoms. The number of piperidine rings is 3. The molecule has 3 heterocycles. The molecule has 0 N–H and O–H groups in total. The summed E-state index contributed by atoms with van der Waals surface area (Å²) < 4.78 is 7.89. The van der Waals surface area contributed by atoms with Crippen LogP contribution in [0.15, 0.2) is 30.3 Å². The number of nitrogens with zero attached hydrogens (tertiary/aromatic N) is 1. The second-order valence-corrected chi connectivity index (χ2v) is 8.87.